The van der Waals surface area contributed by atoms with E-state index in [1.165, 1.54) is 0 Å². The van der Waals surface area contributed by atoms with Gasteiger partial charge in [0.05, 0.1) is 7.11 Å². The zero-order chi connectivity index (χ0) is 17.6. The molecule has 132 valence electrons. The van der Waals surface area contributed by atoms with Crippen molar-refractivity contribution in [1.29, 1.82) is 0 Å². The van der Waals surface area contributed by atoms with Gasteiger partial charge in [0.15, 0.2) is 11.5 Å². The first-order valence-corrected chi connectivity index (χ1v) is 8.72. The number of benzene rings is 1. The standard InChI is InChI=1S/C18H20ClN3O3/c1-24-14-6-2-3-7-15(14)25-18-17(20-8-9-21-18)13-5-4-10-22(12-13)16(23)11-19/h2-3,6-9,13H,4-5,10-12H2,1H3. The van der Waals surface area contributed by atoms with Gasteiger partial charge in [0, 0.05) is 31.4 Å². The van der Waals surface area contributed by atoms with Crippen molar-refractivity contribution in [2.45, 2.75) is 18.8 Å². The van der Waals surface area contributed by atoms with E-state index in [2.05, 4.69) is 9.97 Å². The summed E-state index contributed by atoms with van der Waals surface area (Å²) < 4.78 is 11.3. The van der Waals surface area contributed by atoms with Crippen molar-refractivity contribution in [3.8, 4) is 17.4 Å². The van der Waals surface area contributed by atoms with Gasteiger partial charge in [-0.1, -0.05) is 12.1 Å². The molecule has 0 radical (unpaired) electrons. The molecule has 25 heavy (non-hydrogen) atoms. The van der Waals surface area contributed by atoms with E-state index in [9.17, 15) is 4.79 Å². The molecule has 0 bridgehead atoms. The lowest BCUT2D eigenvalue weighted by Crippen LogP contribution is -2.40. The molecule has 7 heteroatoms. The molecule has 2 aromatic rings. The lowest BCUT2D eigenvalue weighted by Gasteiger charge is -2.32. The number of rotatable bonds is 5. The fraction of sp³-hybridized carbons (Fsp3) is 0.389. The van der Waals surface area contributed by atoms with Crippen LogP contribution in [0, 0.1) is 0 Å². The molecule has 1 aliphatic rings. The number of hydrogen-bond acceptors (Lipinski definition) is 5. The number of likely N-dealkylation sites (tertiary alicyclic amines) is 1. The van der Waals surface area contributed by atoms with Crippen molar-refractivity contribution in [3.63, 3.8) is 0 Å². The zero-order valence-corrected chi connectivity index (χ0v) is 14.8. The van der Waals surface area contributed by atoms with Crippen molar-refractivity contribution < 1.29 is 14.3 Å². The van der Waals surface area contributed by atoms with E-state index in [0.29, 0.717) is 23.9 Å². The number of halogens is 1. The van der Waals surface area contributed by atoms with E-state index >= 15 is 0 Å². The number of carbonyl (C=O) groups is 1. The Bertz CT molecular complexity index is 741. The van der Waals surface area contributed by atoms with E-state index in [1.54, 1.807) is 24.4 Å². The molecule has 1 fully saturated rings. The van der Waals surface area contributed by atoms with Gasteiger partial charge < -0.3 is 14.4 Å². The number of aromatic nitrogens is 2. The smallest absolute Gasteiger partial charge is 0.241 e. The molecule has 2 heterocycles. The molecule has 1 aromatic carbocycles. The van der Waals surface area contributed by atoms with Gasteiger partial charge in [-0.3, -0.25) is 9.78 Å². The van der Waals surface area contributed by atoms with Crippen LogP contribution in [0.5, 0.6) is 17.4 Å². The lowest BCUT2D eigenvalue weighted by atomic mass is 9.94. The predicted molar refractivity (Wildman–Crippen MR) is 94.4 cm³/mol. The molecular weight excluding hydrogens is 342 g/mol. The third-order valence-corrected chi connectivity index (χ3v) is 4.47. The minimum absolute atomic E-state index is 0.00222. The summed E-state index contributed by atoms with van der Waals surface area (Å²) in [4.78, 5) is 22.5. The fourth-order valence-electron chi connectivity index (χ4n) is 3.01. The van der Waals surface area contributed by atoms with Gasteiger partial charge in [-0.25, -0.2) is 4.98 Å². The molecule has 1 saturated heterocycles. The van der Waals surface area contributed by atoms with Gasteiger partial charge in [0.1, 0.15) is 11.6 Å². The van der Waals surface area contributed by atoms with Crippen molar-refractivity contribution in [1.82, 2.24) is 14.9 Å². The van der Waals surface area contributed by atoms with E-state index in [-0.39, 0.29) is 17.7 Å². The average molecular weight is 362 g/mol. The number of alkyl halides is 1. The SMILES string of the molecule is COc1ccccc1Oc1nccnc1C1CCCN(C(=O)CCl)C1. The van der Waals surface area contributed by atoms with Gasteiger partial charge >= 0.3 is 0 Å². The van der Waals surface area contributed by atoms with Gasteiger partial charge in [-0.15, -0.1) is 11.6 Å². The molecule has 1 unspecified atom stereocenters. The van der Waals surface area contributed by atoms with Crippen LogP contribution >= 0.6 is 11.6 Å². The van der Waals surface area contributed by atoms with Crippen LogP contribution in [0.4, 0.5) is 0 Å². The van der Waals surface area contributed by atoms with Crippen molar-refractivity contribution in [2.75, 3.05) is 26.1 Å². The Morgan fingerprint density at radius 3 is 2.80 bits per heavy atom. The number of hydrogen-bond donors (Lipinski definition) is 0. The molecule has 3 rings (SSSR count). The van der Waals surface area contributed by atoms with E-state index in [1.807, 2.05) is 24.3 Å². The maximum Gasteiger partial charge on any atom is 0.241 e. The topological polar surface area (TPSA) is 64.6 Å². The third kappa shape index (κ3) is 4.02. The van der Waals surface area contributed by atoms with Crippen LogP contribution in [0.3, 0.4) is 0 Å². The molecule has 1 amide bonds. The van der Waals surface area contributed by atoms with Crippen molar-refractivity contribution in [2.24, 2.45) is 0 Å². The summed E-state index contributed by atoms with van der Waals surface area (Å²) in [5, 5.41) is 0. The van der Waals surface area contributed by atoms with Crippen LogP contribution < -0.4 is 9.47 Å². The van der Waals surface area contributed by atoms with Crippen LogP contribution in [0.1, 0.15) is 24.5 Å². The largest absolute Gasteiger partial charge is 0.493 e. The Balaban J connectivity index is 1.84. The average Bonchev–Trinajstić information content (AvgIpc) is 2.68. The first-order valence-electron chi connectivity index (χ1n) is 8.18. The van der Waals surface area contributed by atoms with Crippen LogP contribution in [0.25, 0.3) is 0 Å². The number of nitrogens with zero attached hydrogens (tertiary/aromatic N) is 3. The molecule has 0 saturated carbocycles. The summed E-state index contributed by atoms with van der Waals surface area (Å²) in [5.41, 5.74) is 0.750. The maximum atomic E-state index is 11.9. The number of ether oxygens (including phenoxy) is 2. The predicted octanol–water partition coefficient (Wildman–Crippen LogP) is 3.22. The molecular formula is C18H20ClN3O3. The monoisotopic (exact) mass is 361 g/mol. The highest BCUT2D eigenvalue weighted by Crippen LogP contribution is 2.35. The molecule has 0 spiro atoms. The zero-order valence-electron chi connectivity index (χ0n) is 14.0. The quantitative estimate of drug-likeness (QED) is 0.765. The first-order chi connectivity index (χ1) is 12.2. The van der Waals surface area contributed by atoms with Crippen LogP contribution in [-0.4, -0.2) is 46.9 Å². The number of carbonyl (C=O) groups excluding carboxylic acids is 1. The second-order valence-electron chi connectivity index (χ2n) is 5.81. The minimum Gasteiger partial charge on any atom is -0.493 e. The summed E-state index contributed by atoms with van der Waals surface area (Å²) in [6, 6.07) is 7.39. The lowest BCUT2D eigenvalue weighted by molar-refractivity contribution is -0.129. The molecule has 1 aromatic heterocycles. The van der Waals surface area contributed by atoms with Gasteiger partial charge in [-0.2, -0.15) is 0 Å². The molecule has 0 aliphatic carbocycles. The summed E-state index contributed by atoms with van der Waals surface area (Å²) in [6.07, 6.45) is 5.07. The highest BCUT2D eigenvalue weighted by Gasteiger charge is 2.28. The third-order valence-electron chi connectivity index (χ3n) is 4.24. The second-order valence-corrected chi connectivity index (χ2v) is 6.08. The van der Waals surface area contributed by atoms with Crippen LogP contribution in [0.15, 0.2) is 36.7 Å². The molecule has 1 atom stereocenters. The van der Waals surface area contributed by atoms with Crippen molar-refractivity contribution >= 4 is 17.5 Å². The van der Waals surface area contributed by atoms with Crippen LogP contribution in [-0.2, 0) is 4.79 Å². The van der Waals surface area contributed by atoms with E-state index in [0.717, 1.165) is 25.1 Å². The number of amides is 1. The summed E-state index contributed by atoms with van der Waals surface area (Å²) in [7, 11) is 1.59. The Morgan fingerprint density at radius 1 is 1.28 bits per heavy atom. The van der Waals surface area contributed by atoms with Gasteiger partial charge in [0.25, 0.3) is 0 Å². The Kier molecular flexibility index (Phi) is 5.71. The molecule has 0 N–H and O–H groups in total. The Labute approximate surface area is 151 Å². The van der Waals surface area contributed by atoms with E-state index in [4.69, 9.17) is 21.1 Å². The Hall–Kier alpha value is -2.34. The Morgan fingerprint density at radius 2 is 2.04 bits per heavy atom. The molecule has 6 nitrogen and oxygen atoms in total. The highest BCUT2D eigenvalue weighted by atomic mass is 35.5. The minimum atomic E-state index is -0.0533. The number of para-hydroxylation sites is 2. The normalized spacial score (nSPS) is 17.2. The first kappa shape index (κ1) is 17.5. The molecule has 1 aliphatic heterocycles. The van der Waals surface area contributed by atoms with Gasteiger partial charge in [0.2, 0.25) is 11.8 Å². The van der Waals surface area contributed by atoms with E-state index < -0.39 is 0 Å². The number of piperidine rings is 1. The van der Waals surface area contributed by atoms with Gasteiger partial charge in [-0.05, 0) is 25.0 Å². The maximum absolute atomic E-state index is 11.9. The number of methoxy groups -OCH3 is 1. The summed E-state index contributed by atoms with van der Waals surface area (Å²) in [5.74, 6) is 1.66. The fourth-order valence-corrected chi connectivity index (χ4v) is 3.18. The second kappa shape index (κ2) is 8.16. The highest BCUT2D eigenvalue weighted by molar-refractivity contribution is 6.27. The van der Waals surface area contributed by atoms with Crippen molar-refractivity contribution in [3.05, 3.63) is 42.4 Å². The van der Waals surface area contributed by atoms with Crippen LogP contribution in [0.2, 0.25) is 0 Å². The summed E-state index contributed by atoms with van der Waals surface area (Å²) in [6.45, 7) is 1.30. The summed E-state index contributed by atoms with van der Waals surface area (Å²) >= 11 is 5.69.